The van der Waals surface area contributed by atoms with Gasteiger partial charge in [0.1, 0.15) is 11.9 Å². The molecule has 0 radical (unpaired) electrons. The lowest BCUT2D eigenvalue weighted by Crippen LogP contribution is -2.19. The third-order valence-electron chi connectivity index (χ3n) is 3.35. The molecule has 0 fully saturated rings. The molecule has 1 aliphatic heterocycles. The zero-order valence-electron chi connectivity index (χ0n) is 10.3. The van der Waals surface area contributed by atoms with Crippen molar-refractivity contribution in [3.05, 3.63) is 62.0 Å². The number of benzene rings is 2. The lowest BCUT2D eigenvalue weighted by Gasteiger charge is -2.30. The molecule has 3 rings (SSSR count). The summed E-state index contributed by atoms with van der Waals surface area (Å²) in [6, 6.07) is 10.9. The zero-order valence-corrected chi connectivity index (χ0v) is 13.4. The first-order valence-electron chi connectivity index (χ1n) is 6.13. The van der Waals surface area contributed by atoms with Crippen LogP contribution in [0.2, 0.25) is 10.0 Å². The highest BCUT2D eigenvalue weighted by molar-refractivity contribution is 9.10. The number of aliphatic hydroxyl groups excluding tert-OH is 1. The van der Waals surface area contributed by atoms with Crippen LogP contribution in [0.5, 0.6) is 5.75 Å². The summed E-state index contributed by atoms with van der Waals surface area (Å²) < 4.78 is 6.87. The molecular weight excluding hydrogens is 363 g/mol. The highest BCUT2D eigenvalue weighted by Gasteiger charge is 2.29. The van der Waals surface area contributed by atoms with Crippen molar-refractivity contribution >= 4 is 39.1 Å². The van der Waals surface area contributed by atoms with Gasteiger partial charge in [0, 0.05) is 32.1 Å². The smallest absolute Gasteiger partial charge is 0.128 e. The van der Waals surface area contributed by atoms with Crippen molar-refractivity contribution in [2.24, 2.45) is 0 Å². The standard InChI is InChI=1S/C15H11BrCl2O2/c16-8-1-4-14-11(5-8)13(19)7-15(20-14)10-3-2-9(17)6-12(10)18/h1-6,13,15,19H,7H2/t13-,15?/m1/s1. The van der Waals surface area contributed by atoms with Gasteiger partial charge in [-0.2, -0.15) is 0 Å². The highest BCUT2D eigenvalue weighted by Crippen LogP contribution is 2.43. The fourth-order valence-electron chi connectivity index (χ4n) is 2.37. The fraction of sp³-hybridized carbons (Fsp3) is 0.200. The summed E-state index contributed by atoms with van der Waals surface area (Å²) in [6.07, 6.45) is -0.387. The lowest BCUT2D eigenvalue weighted by atomic mass is 9.95. The number of hydrogen-bond donors (Lipinski definition) is 1. The molecule has 1 heterocycles. The summed E-state index contributed by atoms with van der Waals surface area (Å²) in [4.78, 5) is 0. The molecule has 104 valence electrons. The number of aliphatic hydroxyl groups is 1. The molecule has 2 aromatic rings. The van der Waals surface area contributed by atoms with Crippen LogP contribution in [0.15, 0.2) is 40.9 Å². The van der Waals surface area contributed by atoms with Crippen molar-refractivity contribution < 1.29 is 9.84 Å². The van der Waals surface area contributed by atoms with Crippen molar-refractivity contribution in [1.29, 1.82) is 0 Å². The van der Waals surface area contributed by atoms with Crippen LogP contribution < -0.4 is 4.74 Å². The van der Waals surface area contributed by atoms with E-state index in [-0.39, 0.29) is 6.10 Å². The Kier molecular flexibility index (Phi) is 3.95. The van der Waals surface area contributed by atoms with E-state index in [4.69, 9.17) is 27.9 Å². The van der Waals surface area contributed by atoms with Gasteiger partial charge in [0.2, 0.25) is 0 Å². The highest BCUT2D eigenvalue weighted by atomic mass is 79.9. The number of hydrogen-bond acceptors (Lipinski definition) is 2. The van der Waals surface area contributed by atoms with Gasteiger partial charge in [-0.25, -0.2) is 0 Å². The van der Waals surface area contributed by atoms with Crippen LogP contribution in [0.25, 0.3) is 0 Å². The Labute approximate surface area is 135 Å². The maximum atomic E-state index is 10.3. The molecule has 2 nitrogen and oxygen atoms in total. The first-order chi connectivity index (χ1) is 9.54. The second kappa shape index (κ2) is 5.57. The van der Waals surface area contributed by atoms with Gasteiger partial charge in [-0.05, 0) is 30.3 Å². The van der Waals surface area contributed by atoms with Gasteiger partial charge in [0.05, 0.1) is 6.10 Å². The van der Waals surface area contributed by atoms with Gasteiger partial charge in [-0.1, -0.05) is 45.2 Å². The van der Waals surface area contributed by atoms with Gasteiger partial charge in [0.15, 0.2) is 0 Å². The maximum Gasteiger partial charge on any atom is 0.128 e. The van der Waals surface area contributed by atoms with Crippen LogP contribution in [-0.4, -0.2) is 5.11 Å². The van der Waals surface area contributed by atoms with Gasteiger partial charge in [-0.15, -0.1) is 0 Å². The average Bonchev–Trinajstić information content (AvgIpc) is 2.39. The predicted molar refractivity (Wildman–Crippen MR) is 83.5 cm³/mol. The number of halogens is 3. The van der Waals surface area contributed by atoms with E-state index < -0.39 is 6.10 Å². The molecule has 0 spiro atoms. The normalized spacial score (nSPS) is 21.2. The van der Waals surface area contributed by atoms with E-state index in [1.165, 1.54) is 0 Å². The van der Waals surface area contributed by atoms with Crippen LogP contribution >= 0.6 is 39.1 Å². The Morgan fingerprint density at radius 2 is 1.90 bits per heavy atom. The number of fused-ring (bicyclic) bond motifs is 1. The molecule has 0 amide bonds. The summed E-state index contributed by atoms with van der Waals surface area (Å²) in [5.74, 6) is 0.683. The molecule has 1 unspecified atom stereocenters. The molecule has 2 aromatic carbocycles. The molecule has 1 N–H and O–H groups in total. The van der Waals surface area contributed by atoms with Crippen LogP contribution in [0.3, 0.4) is 0 Å². The van der Waals surface area contributed by atoms with E-state index in [1.54, 1.807) is 12.1 Å². The van der Waals surface area contributed by atoms with E-state index in [9.17, 15) is 5.11 Å². The zero-order chi connectivity index (χ0) is 14.3. The van der Waals surface area contributed by atoms with E-state index in [1.807, 2.05) is 24.3 Å². The fourth-order valence-corrected chi connectivity index (χ4v) is 3.28. The Morgan fingerprint density at radius 3 is 2.65 bits per heavy atom. The Balaban J connectivity index is 1.97. The van der Waals surface area contributed by atoms with Crippen molar-refractivity contribution in [2.75, 3.05) is 0 Å². The molecule has 0 saturated carbocycles. The van der Waals surface area contributed by atoms with Crippen molar-refractivity contribution in [2.45, 2.75) is 18.6 Å². The largest absolute Gasteiger partial charge is 0.485 e. The van der Waals surface area contributed by atoms with Crippen molar-refractivity contribution in [1.82, 2.24) is 0 Å². The third-order valence-corrected chi connectivity index (χ3v) is 4.40. The predicted octanol–water partition coefficient (Wildman–Crippen LogP) is 5.31. The summed E-state index contributed by atoms with van der Waals surface area (Å²) in [7, 11) is 0. The molecule has 0 aromatic heterocycles. The minimum atomic E-state index is -0.576. The first kappa shape index (κ1) is 14.2. The van der Waals surface area contributed by atoms with E-state index in [0.717, 1.165) is 15.6 Å². The van der Waals surface area contributed by atoms with E-state index in [2.05, 4.69) is 15.9 Å². The monoisotopic (exact) mass is 372 g/mol. The summed E-state index contributed by atoms with van der Waals surface area (Å²) in [5, 5.41) is 11.4. The second-order valence-electron chi connectivity index (χ2n) is 4.71. The molecular formula is C15H11BrCl2O2. The summed E-state index contributed by atoms with van der Waals surface area (Å²) in [5.41, 5.74) is 1.63. The molecule has 2 atom stereocenters. The first-order valence-corrected chi connectivity index (χ1v) is 7.68. The van der Waals surface area contributed by atoms with Crippen molar-refractivity contribution in [3.8, 4) is 5.75 Å². The second-order valence-corrected chi connectivity index (χ2v) is 6.47. The van der Waals surface area contributed by atoms with Gasteiger partial charge >= 0.3 is 0 Å². The van der Waals surface area contributed by atoms with E-state index >= 15 is 0 Å². The van der Waals surface area contributed by atoms with E-state index in [0.29, 0.717) is 22.2 Å². The van der Waals surface area contributed by atoms with Crippen molar-refractivity contribution in [3.63, 3.8) is 0 Å². The Hall–Kier alpha value is -0.740. The Morgan fingerprint density at radius 1 is 1.10 bits per heavy atom. The van der Waals surface area contributed by atoms with Crippen LogP contribution in [0.1, 0.15) is 29.8 Å². The lowest BCUT2D eigenvalue weighted by molar-refractivity contribution is 0.0657. The molecule has 0 aliphatic carbocycles. The van der Waals surface area contributed by atoms with Crippen LogP contribution in [-0.2, 0) is 0 Å². The molecule has 1 aliphatic rings. The Bertz CT molecular complexity index is 660. The number of rotatable bonds is 1. The third kappa shape index (κ3) is 2.68. The van der Waals surface area contributed by atoms with Crippen LogP contribution in [0.4, 0.5) is 0 Å². The quantitative estimate of drug-likeness (QED) is 0.733. The minimum absolute atomic E-state index is 0.275. The van der Waals surface area contributed by atoms with Crippen LogP contribution in [0, 0.1) is 0 Å². The molecule has 5 heteroatoms. The molecule has 0 saturated heterocycles. The maximum absolute atomic E-state index is 10.3. The summed E-state index contributed by atoms with van der Waals surface area (Å²) >= 11 is 15.5. The molecule has 0 bridgehead atoms. The van der Waals surface area contributed by atoms with Gasteiger partial charge in [-0.3, -0.25) is 0 Å². The summed E-state index contributed by atoms with van der Waals surface area (Å²) in [6.45, 7) is 0. The molecule has 20 heavy (non-hydrogen) atoms. The number of ether oxygens (including phenoxy) is 1. The average molecular weight is 374 g/mol. The topological polar surface area (TPSA) is 29.5 Å². The SMILES string of the molecule is O[C@@H]1CC(c2ccc(Cl)cc2Cl)Oc2ccc(Br)cc21. The van der Waals surface area contributed by atoms with Gasteiger partial charge in [0.25, 0.3) is 0 Å². The minimum Gasteiger partial charge on any atom is -0.485 e. The van der Waals surface area contributed by atoms with Gasteiger partial charge < -0.3 is 9.84 Å².